The van der Waals surface area contributed by atoms with Crippen LogP contribution in [0.3, 0.4) is 0 Å². The largest absolute Gasteiger partial charge is 0.497 e. The summed E-state index contributed by atoms with van der Waals surface area (Å²) in [6, 6.07) is 5.82. The van der Waals surface area contributed by atoms with Gasteiger partial charge >= 0.3 is 5.97 Å². The average molecular weight is 291 g/mol. The molecule has 0 unspecified atom stereocenters. The molecule has 1 amide bonds. The van der Waals surface area contributed by atoms with Crippen LogP contribution in [0.1, 0.15) is 13.8 Å². The number of nitrogens with zero attached hydrogens (tertiary/aromatic N) is 1. The van der Waals surface area contributed by atoms with Crippen LogP contribution in [0.25, 0.3) is 0 Å². The summed E-state index contributed by atoms with van der Waals surface area (Å²) in [5, 5.41) is 0. The van der Waals surface area contributed by atoms with Crippen molar-refractivity contribution < 1.29 is 23.9 Å². The standard InChI is InChI=1S/C15H17NO5/c1-4-21-15(19)13-12(9(2)17)14(18)16(13)10-5-7-11(20-3)8-6-10/h5-8,12-13H,4H2,1-3H3/t12-,13+/m1/s1. The van der Waals surface area contributed by atoms with Crippen molar-refractivity contribution >= 4 is 23.3 Å². The number of hydrogen-bond acceptors (Lipinski definition) is 5. The summed E-state index contributed by atoms with van der Waals surface area (Å²) >= 11 is 0. The number of carbonyl (C=O) groups is 3. The summed E-state index contributed by atoms with van der Waals surface area (Å²) in [7, 11) is 1.54. The summed E-state index contributed by atoms with van der Waals surface area (Å²) in [6.07, 6.45) is 0. The lowest BCUT2D eigenvalue weighted by Crippen LogP contribution is -2.67. The summed E-state index contributed by atoms with van der Waals surface area (Å²) in [6.45, 7) is 3.18. The number of carbonyl (C=O) groups excluding carboxylic acids is 3. The van der Waals surface area contributed by atoms with Crippen LogP contribution >= 0.6 is 0 Å². The number of esters is 1. The molecule has 21 heavy (non-hydrogen) atoms. The number of benzene rings is 1. The van der Waals surface area contributed by atoms with Gasteiger partial charge in [0.05, 0.1) is 13.7 Å². The summed E-state index contributed by atoms with van der Waals surface area (Å²) < 4.78 is 10.0. The number of rotatable bonds is 5. The fourth-order valence-corrected chi connectivity index (χ4v) is 2.38. The van der Waals surface area contributed by atoms with E-state index in [-0.39, 0.29) is 18.3 Å². The second-order valence-corrected chi connectivity index (χ2v) is 4.69. The van der Waals surface area contributed by atoms with Crippen LogP contribution in [0.15, 0.2) is 24.3 Å². The van der Waals surface area contributed by atoms with Gasteiger partial charge in [-0.1, -0.05) is 0 Å². The molecule has 0 N–H and O–H groups in total. The second kappa shape index (κ2) is 5.95. The second-order valence-electron chi connectivity index (χ2n) is 4.69. The van der Waals surface area contributed by atoms with Crippen molar-refractivity contribution in [2.75, 3.05) is 18.6 Å². The molecule has 1 aromatic carbocycles. The Kier molecular flexibility index (Phi) is 4.26. The van der Waals surface area contributed by atoms with E-state index in [0.717, 1.165) is 0 Å². The lowest BCUT2D eigenvalue weighted by atomic mass is 9.83. The number of anilines is 1. The van der Waals surface area contributed by atoms with Crippen LogP contribution in [0, 0.1) is 5.92 Å². The normalized spacial score (nSPS) is 20.7. The molecule has 1 saturated heterocycles. The maximum Gasteiger partial charge on any atom is 0.330 e. The summed E-state index contributed by atoms with van der Waals surface area (Å²) in [4.78, 5) is 37.0. The quantitative estimate of drug-likeness (QED) is 0.463. The minimum absolute atomic E-state index is 0.199. The lowest BCUT2D eigenvalue weighted by molar-refractivity contribution is -0.156. The molecular formula is C15H17NO5. The molecule has 2 rings (SSSR count). The van der Waals surface area contributed by atoms with Crippen LogP contribution in [-0.4, -0.2) is 37.4 Å². The van der Waals surface area contributed by atoms with Crippen LogP contribution < -0.4 is 9.64 Å². The first kappa shape index (κ1) is 15.0. The molecule has 1 fully saturated rings. The van der Waals surface area contributed by atoms with Crippen LogP contribution in [-0.2, 0) is 19.1 Å². The maximum absolute atomic E-state index is 12.1. The molecule has 1 aromatic rings. The molecule has 0 aromatic heterocycles. The van der Waals surface area contributed by atoms with Crippen molar-refractivity contribution in [3.8, 4) is 5.75 Å². The molecule has 1 heterocycles. The molecule has 0 radical (unpaired) electrons. The molecule has 0 saturated carbocycles. The van der Waals surface area contributed by atoms with Crippen molar-refractivity contribution in [2.45, 2.75) is 19.9 Å². The van der Waals surface area contributed by atoms with Gasteiger partial charge in [0.2, 0.25) is 5.91 Å². The molecule has 1 aliphatic heterocycles. The maximum atomic E-state index is 12.1. The summed E-state index contributed by atoms with van der Waals surface area (Å²) in [5.74, 6) is -1.59. The molecule has 0 bridgehead atoms. The lowest BCUT2D eigenvalue weighted by Gasteiger charge is -2.44. The van der Waals surface area contributed by atoms with Gasteiger partial charge in [-0.2, -0.15) is 0 Å². The number of β-lactam (4-membered cyclic amide) rings is 1. The van der Waals surface area contributed by atoms with Gasteiger partial charge in [-0.3, -0.25) is 14.5 Å². The Bertz CT molecular complexity index is 566. The third-order valence-electron chi connectivity index (χ3n) is 3.41. The van der Waals surface area contributed by atoms with Crippen molar-refractivity contribution in [3.05, 3.63) is 24.3 Å². The van der Waals surface area contributed by atoms with Gasteiger partial charge < -0.3 is 9.47 Å². The van der Waals surface area contributed by atoms with Gasteiger partial charge in [0.15, 0.2) is 6.04 Å². The highest BCUT2D eigenvalue weighted by molar-refractivity contribution is 6.20. The minimum atomic E-state index is -0.953. The highest BCUT2D eigenvalue weighted by atomic mass is 16.5. The predicted molar refractivity (Wildman–Crippen MR) is 75.1 cm³/mol. The minimum Gasteiger partial charge on any atom is -0.497 e. The number of amides is 1. The van der Waals surface area contributed by atoms with Crippen molar-refractivity contribution in [1.82, 2.24) is 0 Å². The van der Waals surface area contributed by atoms with E-state index < -0.39 is 17.9 Å². The predicted octanol–water partition coefficient (Wildman–Crippen LogP) is 1.18. The summed E-state index contributed by atoms with van der Waals surface area (Å²) in [5.41, 5.74) is 0.538. The highest BCUT2D eigenvalue weighted by Crippen LogP contribution is 2.34. The zero-order valence-corrected chi connectivity index (χ0v) is 12.2. The monoisotopic (exact) mass is 291 g/mol. The third kappa shape index (κ3) is 2.61. The Hall–Kier alpha value is -2.37. The molecule has 0 spiro atoms. The van der Waals surface area contributed by atoms with Gasteiger partial charge in [0.25, 0.3) is 0 Å². The van der Waals surface area contributed by atoms with E-state index in [9.17, 15) is 14.4 Å². The van der Waals surface area contributed by atoms with E-state index in [1.807, 2.05) is 0 Å². The first-order valence-electron chi connectivity index (χ1n) is 6.65. The van der Waals surface area contributed by atoms with Crippen molar-refractivity contribution in [3.63, 3.8) is 0 Å². The SMILES string of the molecule is CCOC(=O)[C@@H]1[C@@H](C(C)=O)C(=O)N1c1ccc(OC)cc1. The van der Waals surface area contributed by atoms with Gasteiger partial charge in [-0.15, -0.1) is 0 Å². The molecule has 6 nitrogen and oxygen atoms in total. The molecule has 0 aliphatic carbocycles. The van der Waals surface area contributed by atoms with Crippen LogP contribution in [0.5, 0.6) is 5.75 Å². The first-order valence-corrected chi connectivity index (χ1v) is 6.65. The molecule has 1 aliphatic rings. The fourth-order valence-electron chi connectivity index (χ4n) is 2.38. The van der Waals surface area contributed by atoms with Gasteiger partial charge in [-0.25, -0.2) is 4.79 Å². The van der Waals surface area contributed by atoms with Gasteiger partial charge in [0.1, 0.15) is 17.5 Å². The molecule has 112 valence electrons. The molecule has 2 atom stereocenters. The Morgan fingerprint density at radius 2 is 1.86 bits per heavy atom. The number of ketones is 1. The third-order valence-corrected chi connectivity index (χ3v) is 3.41. The average Bonchev–Trinajstić information content (AvgIpc) is 2.45. The van der Waals surface area contributed by atoms with Gasteiger partial charge in [-0.05, 0) is 38.1 Å². The number of methoxy groups -OCH3 is 1. The topological polar surface area (TPSA) is 72.9 Å². The van der Waals surface area contributed by atoms with E-state index in [1.54, 1.807) is 31.2 Å². The van der Waals surface area contributed by atoms with E-state index in [1.165, 1.54) is 18.9 Å². The van der Waals surface area contributed by atoms with Crippen LogP contribution in [0.2, 0.25) is 0 Å². The van der Waals surface area contributed by atoms with Crippen molar-refractivity contribution in [2.24, 2.45) is 5.92 Å². The number of ether oxygens (including phenoxy) is 2. The zero-order chi connectivity index (χ0) is 15.6. The van der Waals surface area contributed by atoms with E-state index in [0.29, 0.717) is 11.4 Å². The van der Waals surface area contributed by atoms with Crippen molar-refractivity contribution in [1.29, 1.82) is 0 Å². The van der Waals surface area contributed by atoms with Crippen LogP contribution in [0.4, 0.5) is 5.69 Å². The molecule has 6 heteroatoms. The number of Topliss-reactive ketones (excluding diaryl/α,β-unsaturated/α-hetero) is 1. The smallest absolute Gasteiger partial charge is 0.330 e. The Labute approximate surface area is 122 Å². The Balaban J connectivity index is 2.29. The zero-order valence-electron chi connectivity index (χ0n) is 12.2. The fraction of sp³-hybridized carbons (Fsp3) is 0.400. The highest BCUT2D eigenvalue weighted by Gasteiger charge is 2.55. The Morgan fingerprint density at radius 1 is 1.24 bits per heavy atom. The first-order chi connectivity index (χ1) is 10.0. The Morgan fingerprint density at radius 3 is 2.33 bits per heavy atom. The van der Waals surface area contributed by atoms with E-state index in [4.69, 9.17) is 9.47 Å². The number of hydrogen-bond donors (Lipinski definition) is 0. The van der Waals surface area contributed by atoms with E-state index in [2.05, 4.69) is 0 Å². The van der Waals surface area contributed by atoms with E-state index >= 15 is 0 Å². The molecular weight excluding hydrogens is 274 g/mol. The van der Waals surface area contributed by atoms with Gasteiger partial charge in [0, 0.05) is 5.69 Å².